The monoisotopic (exact) mass is 289 g/mol. The smallest absolute Gasteiger partial charge is 0.142 e. The lowest BCUT2D eigenvalue weighted by atomic mass is 10.2. The molecule has 0 saturated carbocycles. The number of hydrogen-bond acceptors (Lipinski definition) is 2. The zero-order chi connectivity index (χ0) is 14.4. The fourth-order valence-electron chi connectivity index (χ4n) is 1.65. The Balaban J connectivity index is 2.05. The summed E-state index contributed by atoms with van der Waals surface area (Å²) in [7, 11) is 0. The van der Waals surface area contributed by atoms with E-state index in [1.807, 2.05) is 25.1 Å². The van der Waals surface area contributed by atoms with Gasteiger partial charge in [0.2, 0.25) is 0 Å². The summed E-state index contributed by atoms with van der Waals surface area (Å²) in [6.07, 6.45) is 0. The Hall–Kier alpha value is -2.05. The summed E-state index contributed by atoms with van der Waals surface area (Å²) in [6.45, 7) is 2.21. The number of ether oxygens (including phenoxy) is 1. The molecule has 1 heterocycles. The molecule has 0 fully saturated rings. The van der Waals surface area contributed by atoms with Crippen molar-refractivity contribution >= 4 is 11.6 Å². The molecule has 0 aliphatic rings. The van der Waals surface area contributed by atoms with Crippen LogP contribution in [0, 0.1) is 24.6 Å². The summed E-state index contributed by atoms with van der Waals surface area (Å²) >= 11 is 5.44. The number of aromatic nitrogens is 1. The minimum atomic E-state index is -0.419. The second-order valence-corrected chi connectivity index (χ2v) is 4.40. The van der Waals surface area contributed by atoms with Crippen molar-refractivity contribution in [1.82, 2.24) is 4.98 Å². The molecule has 1 aromatic carbocycles. The highest BCUT2D eigenvalue weighted by molar-refractivity contribution is 6.19. The number of halogens is 2. The van der Waals surface area contributed by atoms with Crippen molar-refractivity contribution in [3.05, 3.63) is 59.2 Å². The van der Waals surface area contributed by atoms with Crippen LogP contribution in [0.4, 0.5) is 4.39 Å². The summed E-state index contributed by atoms with van der Waals surface area (Å²) in [5.74, 6) is 5.46. The van der Waals surface area contributed by atoms with Crippen LogP contribution >= 0.6 is 11.6 Å². The second kappa shape index (κ2) is 6.93. The zero-order valence-electron chi connectivity index (χ0n) is 11.0. The van der Waals surface area contributed by atoms with Gasteiger partial charge < -0.3 is 4.74 Å². The van der Waals surface area contributed by atoms with Crippen LogP contribution < -0.4 is 4.74 Å². The first-order valence-corrected chi connectivity index (χ1v) is 6.62. The van der Waals surface area contributed by atoms with Gasteiger partial charge in [0.15, 0.2) is 0 Å². The predicted octanol–water partition coefficient (Wildman–Crippen LogP) is 3.70. The number of pyridine rings is 1. The fourth-order valence-corrected chi connectivity index (χ4v) is 1.72. The lowest BCUT2D eigenvalue weighted by Gasteiger charge is -2.07. The van der Waals surface area contributed by atoms with E-state index in [1.165, 1.54) is 6.07 Å². The van der Waals surface area contributed by atoms with Gasteiger partial charge in [-0.3, -0.25) is 4.98 Å². The lowest BCUT2D eigenvalue weighted by molar-refractivity contribution is 0.299. The first-order valence-electron chi connectivity index (χ1n) is 6.09. The van der Waals surface area contributed by atoms with Gasteiger partial charge in [-0.1, -0.05) is 17.9 Å². The van der Waals surface area contributed by atoms with Gasteiger partial charge in [-0.25, -0.2) is 4.39 Å². The topological polar surface area (TPSA) is 22.1 Å². The molecular formula is C16H13ClFNO. The van der Waals surface area contributed by atoms with Crippen molar-refractivity contribution in [3.8, 4) is 17.6 Å². The van der Waals surface area contributed by atoms with E-state index in [9.17, 15) is 4.39 Å². The average Bonchev–Trinajstić information content (AvgIpc) is 2.44. The quantitative estimate of drug-likeness (QED) is 0.635. The highest BCUT2D eigenvalue weighted by Gasteiger charge is 2.03. The van der Waals surface area contributed by atoms with Gasteiger partial charge in [-0.2, -0.15) is 0 Å². The van der Waals surface area contributed by atoms with Gasteiger partial charge in [0, 0.05) is 11.8 Å². The molecule has 2 rings (SSSR count). The second-order valence-electron chi connectivity index (χ2n) is 4.14. The minimum Gasteiger partial charge on any atom is -0.487 e. The third-order valence-corrected chi connectivity index (χ3v) is 2.70. The fraction of sp³-hybridized carbons (Fsp3) is 0.188. The Morgan fingerprint density at radius 2 is 2.15 bits per heavy atom. The summed E-state index contributed by atoms with van der Waals surface area (Å²) in [5, 5.41) is 0. The molecule has 0 N–H and O–H groups in total. The Bertz CT molecular complexity index is 661. The highest BCUT2D eigenvalue weighted by atomic mass is 35.5. The van der Waals surface area contributed by atoms with Crippen molar-refractivity contribution in [2.75, 3.05) is 5.88 Å². The number of benzene rings is 1. The van der Waals surface area contributed by atoms with E-state index in [-0.39, 0.29) is 5.88 Å². The van der Waals surface area contributed by atoms with Gasteiger partial charge in [-0.05, 0) is 31.2 Å². The number of rotatable bonds is 3. The van der Waals surface area contributed by atoms with Gasteiger partial charge >= 0.3 is 0 Å². The highest BCUT2D eigenvalue weighted by Crippen LogP contribution is 2.17. The van der Waals surface area contributed by atoms with Crippen LogP contribution in [-0.4, -0.2) is 10.9 Å². The standard InChI is InChI=1S/C16H13ClFNO/c1-12-4-2-6-14(19-12)11-20-15-8-7-13(5-3-9-17)16(18)10-15/h2,4,6-8,10H,9,11H2,1H3. The molecule has 4 heteroatoms. The normalized spacial score (nSPS) is 9.75. The van der Waals surface area contributed by atoms with Gasteiger partial charge in [0.05, 0.1) is 17.1 Å². The number of nitrogens with zero attached hydrogens (tertiary/aromatic N) is 1. The van der Waals surface area contributed by atoms with Crippen molar-refractivity contribution in [1.29, 1.82) is 0 Å². The van der Waals surface area contributed by atoms with Crippen LogP contribution in [0.3, 0.4) is 0 Å². The third-order valence-electron chi connectivity index (χ3n) is 2.56. The first-order chi connectivity index (χ1) is 9.69. The molecule has 0 amide bonds. The maximum absolute atomic E-state index is 13.7. The SMILES string of the molecule is Cc1cccc(COc2ccc(C#CCCl)c(F)c2)n1. The molecule has 0 aliphatic heterocycles. The average molecular weight is 290 g/mol. The minimum absolute atomic E-state index is 0.177. The molecule has 102 valence electrons. The summed E-state index contributed by atoms with van der Waals surface area (Å²) in [5.41, 5.74) is 2.03. The van der Waals surface area contributed by atoms with E-state index in [4.69, 9.17) is 16.3 Å². The van der Waals surface area contributed by atoms with Crippen LogP contribution in [0.2, 0.25) is 0 Å². The van der Waals surface area contributed by atoms with Gasteiger partial charge in [-0.15, -0.1) is 11.6 Å². The van der Waals surface area contributed by atoms with E-state index in [1.54, 1.807) is 12.1 Å². The summed E-state index contributed by atoms with van der Waals surface area (Å²) < 4.78 is 19.2. The van der Waals surface area contributed by atoms with Crippen molar-refractivity contribution in [2.45, 2.75) is 13.5 Å². The molecule has 0 spiro atoms. The Labute approximate surface area is 122 Å². The van der Waals surface area contributed by atoms with Crippen LogP contribution in [0.5, 0.6) is 5.75 Å². The van der Waals surface area contributed by atoms with Crippen molar-refractivity contribution in [2.24, 2.45) is 0 Å². The van der Waals surface area contributed by atoms with Gasteiger partial charge in [0.25, 0.3) is 0 Å². The summed E-state index contributed by atoms with van der Waals surface area (Å²) in [4.78, 5) is 4.31. The molecule has 0 saturated heterocycles. The maximum atomic E-state index is 13.7. The number of hydrogen-bond donors (Lipinski definition) is 0. The number of alkyl halides is 1. The Kier molecular flexibility index (Phi) is 4.97. The molecule has 2 aromatic rings. The molecule has 0 bridgehead atoms. The van der Waals surface area contributed by atoms with Crippen molar-refractivity contribution < 1.29 is 9.13 Å². The first kappa shape index (κ1) is 14.4. The molecule has 0 unspecified atom stereocenters. The predicted molar refractivity (Wildman–Crippen MR) is 77.3 cm³/mol. The number of aryl methyl sites for hydroxylation is 1. The van der Waals surface area contributed by atoms with E-state index in [0.29, 0.717) is 17.9 Å². The van der Waals surface area contributed by atoms with E-state index < -0.39 is 5.82 Å². The maximum Gasteiger partial charge on any atom is 0.142 e. The van der Waals surface area contributed by atoms with Crippen LogP contribution in [0.25, 0.3) is 0 Å². The molecule has 0 radical (unpaired) electrons. The Morgan fingerprint density at radius 3 is 2.85 bits per heavy atom. The van der Waals surface area contributed by atoms with Crippen LogP contribution in [0.1, 0.15) is 17.0 Å². The van der Waals surface area contributed by atoms with Crippen LogP contribution in [0.15, 0.2) is 36.4 Å². The lowest BCUT2D eigenvalue weighted by Crippen LogP contribution is -1.99. The zero-order valence-corrected chi connectivity index (χ0v) is 11.7. The summed E-state index contributed by atoms with van der Waals surface area (Å²) in [6, 6.07) is 10.3. The molecule has 0 aliphatic carbocycles. The Morgan fingerprint density at radius 1 is 1.30 bits per heavy atom. The van der Waals surface area contributed by atoms with Crippen molar-refractivity contribution in [3.63, 3.8) is 0 Å². The molecule has 20 heavy (non-hydrogen) atoms. The van der Waals surface area contributed by atoms with Gasteiger partial charge in [0.1, 0.15) is 18.2 Å². The van der Waals surface area contributed by atoms with E-state index in [0.717, 1.165) is 11.4 Å². The third kappa shape index (κ3) is 3.97. The molecule has 0 atom stereocenters. The van der Waals surface area contributed by atoms with E-state index >= 15 is 0 Å². The largest absolute Gasteiger partial charge is 0.487 e. The molecule has 1 aromatic heterocycles. The van der Waals surface area contributed by atoms with E-state index in [2.05, 4.69) is 16.8 Å². The van der Waals surface area contributed by atoms with Crippen LogP contribution in [-0.2, 0) is 6.61 Å². The molecular weight excluding hydrogens is 277 g/mol. The molecule has 2 nitrogen and oxygen atoms in total.